The predicted molar refractivity (Wildman–Crippen MR) is 68.2 cm³/mol. The topological polar surface area (TPSA) is 13.6 Å². The van der Waals surface area contributed by atoms with Crippen LogP contribution in [0.15, 0.2) is 48.5 Å². The number of hydrogen-bond acceptors (Lipinski definition) is 1. The number of nitrogens with zero attached hydrogens (tertiary/aromatic N) is 1. The summed E-state index contributed by atoms with van der Waals surface area (Å²) in [6, 6.07) is 15.4. The minimum absolute atomic E-state index is 0.553. The maximum absolute atomic E-state index is 6.85. The molecule has 0 bridgehead atoms. The van der Waals surface area contributed by atoms with Gasteiger partial charge >= 0.3 is 0 Å². The van der Waals surface area contributed by atoms with Crippen molar-refractivity contribution >= 4 is 5.69 Å². The normalized spacial score (nSPS) is 9.65. The fourth-order valence-corrected chi connectivity index (χ4v) is 1.47. The zero-order valence-corrected chi connectivity index (χ0v) is 9.68. The Hall–Kier alpha value is -2.27. The summed E-state index contributed by atoms with van der Waals surface area (Å²) < 4.78 is 5.63. The fraction of sp³-hybridized carbons (Fsp3) is 0.133. The molecule has 0 N–H and O–H groups in total. The fourth-order valence-electron chi connectivity index (χ4n) is 1.47. The van der Waals surface area contributed by atoms with Crippen LogP contribution in [0.1, 0.15) is 11.1 Å². The van der Waals surface area contributed by atoms with Crippen molar-refractivity contribution < 1.29 is 4.74 Å². The Labute approximate surface area is 101 Å². The first kappa shape index (κ1) is 11.2. The van der Waals surface area contributed by atoms with Crippen molar-refractivity contribution in [2.45, 2.75) is 13.5 Å². The Morgan fingerprint density at radius 3 is 2.24 bits per heavy atom. The molecule has 0 saturated carbocycles. The Morgan fingerprint density at radius 2 is 1.65 bits per heavy atom. The van der Waals surface area contributed by atoms with Gasteiger partial charge in [-0.05, 0) is 24.6 Å². The molecule has 0 aliphatic rings. The quantitative estimate of drug-likeness (QED) is 0.713. The predicted octanol–water partition coefficient (Wildman–Crippen LogP) is 4.12. The summed E-state index contributed by atoms with van der Waals surface area (Å²) in [6.45, 7) is 9.47. The molecule has 0 aromatic heterocycles. The number of benzene rings is 2. The molecule has 2 aromatic carbocycles. The Morgan fingerprint density at radius 1 is 1.00 bits per heavy atom. The summed E-state index contributed by atoms with van der Waals surface area (Å²) in [4.78, 5) is 3.33. The molecular weight excluding hydrogens is 210 g/mol. The zero-order valence-electron chi connectivity index (χ0n) is 9.68. The molecule has 2 aromatic rings. The first-order valence-electron chi connectivity index (χ1n) is 5.44. The minimum Gasteiger partial charge on any atom is -0.489 e. The number of rotatable bonds is 3. The van der Waals surface area contributed by atoms with Gasteiger partial charge in [0.2, 0.25) is 0 Å². The molecule has 0 heterocycles. The second kappa shape index (κ2) is 5.18. The highest BCUT2D eigenvalue weighted by atomic mass is 16.5. The van der Waals surface area contributed by atoms with E-state index in [1.165, 1.54) is 5.56 Å². The molecule has 0 unspecified atom stereocenters. The van der Waals surface area contributed by atoms with Crippen molar-refractivity contribution in [1.82, 2.24) is 0 Å². The van der Waals surface area contributed by atoms with Crippen molar-refractivity contribution in [3.63, 3.8) is 0 Å². The van der Waals surface area contributed by atoms with E-state index in [0.717, 1.165) is 11.3 Å². The van der Waals surface area contributed by atoms with Crippen molar-refractivity contribution in [1.29, 1.82) is 0 Å². The third-order valence-electron chi connectivity index (χ3n) is 2.49. The van der Waals surface area contributed by atoms with E-state index in [-0.39, 0.29) is 0 Å². The van der Waals surface area contributed by atoms with Crippen molar-refractivity contribution in [3.05, 3.63) is 71.1 Å². The van der Waals surface area contributed by atoms with Gasteiger partial charge in [0.05, 0.1) is 6.57 Å². The maximum Gasteiger partial charge on any atom is 0.187 e. The Balaban J connectivity index is 1.98. The smallest absolute Gasteiger partial charge is 0.187 e. The van der Waals surface area contributed by atoms with Crippen LogP contribution in [0.4, 0.5) is 5.69 Å². The molecule has 84 valence electrons. The molecule has 2 nitrogen and oxygen atoms in total. The van der Waals surface area contributed by atoms with Crippen LogP contribution < -0.4 is 4.74 Å². The summed E-state index contributed by atoms with van der Waals surface area (Å²) in [7, 11) is 0. The third kappa shape index (κ3) is 3.09. The van der Waals surface area contributed by atoms with Crippen LogP contribution in [-0.2, 0) is 6.61 Å². The van der Waals surface area contributed by atoms with Crippen LogP contribution in [0.5, 0.6) is 5.75 Å². The largest absolute Gasteiger partial charge is 0.489 e. The summed E-state index contributed by atoms with van der Waals surface area (Å²) in [5.74, 6) is 0.790. The molecule has 17 heavy (non-hydrogen) atoms. The van der Waals surface area contributed by atoms with Gasteiger partial charge in [0.1, 0.15) is 12.4 Å². The molecule has 0 aliphatic heterocycles. The Kier molecular flexibility index (Phi) is 3.42. The van der Waals surface area contributed by atoms with Gasteiger partial charge in [0.15, 0.2) is 5.69 Å². The molecule has 0 atom stereocenters. The molecule has 2 rings (SSSR count). The van der Waals surface area contributed by atoms with Crippen LogP contribution >= 0.6 is 0 Å². The summed E-state index contributed by atoms with van der Waals surface area (Å²) in [5, 5.41) is 0. The van der Waals surface area contributed by atoms with Crippen LogP contribution in [0.2, 0.25) is 0 Å². The van der Waals surface area contributed by atoms with Gasteiger partial charge in [-0.3, -0.25) is 0 Å². The van der Waals surface area contributed by atoms with E-state index in [0.29, 0.717) is 12.3 Å². The van der Waals surface area contributed by atoms with Gasteiger partial charge in [0.25, 0.3) is 0 Å². The van der Waals surface area contributed by atoms with E-state index in [1.807, 2.05) is 12.1 Å². The van der Waals surface area contributed by atoms with Crippen LogP contribution in [0.25, 0.3) is 4.85 Å². The number of ether oxygens (including phenoxy) is 1. The van der Waals surface area contributed by atoms with Gasteiger partial charge < -0.3 is 4.74 Å². The lowest BCUT2D eigenvalue weighted by Gasteiger charge is -2.06. The second-order valence-corrected chi connectivity index (χ2v) is 3.88. The number of hydrogen-bond donors (Lipinski definition) is 0. The van der Waals surface area contributed by atoms with Crippen molar-refractivity contribution in [2.24, 2.45) is 0 Å². The van der Waals surface area contributed by atoms with E-state index in [9.17, 15) is 0 Å². The average molecular weight is 223 g/mol. The SMILES string of the molecule is [C-]#[N+]c1ccc(OCc2ccc(C)cc2)cc1. The van der Waals surface area contributed by atoms with E-state index in [4.69, 9.17) is 11.3 Å². The average Bonchev–Trinajstić information content (AvgIpc) is 2.39. The second-order valence-electron chi connectivity index (χ2n) is 3.88. The zero-order chi connectivity index (χ0) is 12.1. The monoisotopic (exact) mass is 223 g/mol. The highest BCUT2D eigenvalue weighted by molar-refractivity contribution is 5.47. The first-order chi connectivity index (χ1) is 8.28. The molecule has 0 spiro atoms. The Bertz CT molecular complexity index is 520. The molecule has 0 fully saturated rings. The van der Waals surface area contributed by atoms with Crippen LogP contribution in [-0.4, -0.2) is 0 Å². The van der Waals surface area contributed by atoms with Gasteiger partial charge in [-0.15, -0.1) is 0 Å². The van der Waals surface area contributed by atoms with Crippen LogP contribution in [0.3, 0.4) is 0 Å². The van der Waals surface area contributed by atoms with E-state index >= 15 is 0 Å². The standard InChI is InChI=1S/C15H13NO/c1-12-3-5-13(6-4-12)11-17-15-9-7-14(16-2)8-10-15/h3-10H,11H2,1H3. The lowest BCUT2D eigenvalue weighted by molar-refractivity contribution is 0.306. The number of aryl methyl sites for hydroxylation is 1. The molecule has 0 radical (unpaired) electrons. The van der Waals surface area contributed by atoms with Crippen molar-refractivity contribution in [3.8, 4) is 5.75 Å². The molecule has 0 aliphatic carbocycles. The lowest BCUT2D eigenvalue weighted by Crippen LogP contribution is -1.94. The maximum atomic E-state index is 6.85. The highest BCUT2D eigenvalue weighted by Crippen LogP contribution is 2.18. The van der Waals surface area contributed by atoms with Crippen molar-refractivity contribution in [2.75, 3.05) is 0 Å². The van der Waals surface area contributed by atoms with Gasteiger partial charge in [-0.2, -0.15) is 0 Å². The molecule has 0 amide bonds. The summed E-state index contributed by atoms with van der Waals surface area (Å²) >= 11 is 0. The summed E-state index contributed by atoms with van der Waals surface area (Å²) in [6.07, 6.45) is 0. The third-order valence-corrected chi connectivity index (χ3v) is 2.49. The highest BCUT2D eigenvalue weighted by Gasteiger charge is 1.96. The molecule has 2 heteroatoms. The lowest BCUT2D eigenvalue weighted by atomic mass is 10.2. The minimum atomic E-state index is 0.553. The first-order valence-corrected chi connectivity index (χ1v) is 5.44. The van der Waals surface area contributed by atoms with E-state index in [2.05, 4.69) is 36.0 Å². The molecular formula is C15H13NO. The van der Waals surface area contributed by atoms with Gasteiger partial charge in [-0.1, -0.05) is 42.0 Å². The van der Waals surface area contributed by atoms with Gasteiger partial charge in [-0.25, -0.2) is 4.85 Å². The molecule has 0 saturated heterocycles. The van der Waals surface area contributed by atoms with E-state index < -0.39 is 0 Å². The van der Waals surface area contributed by atoms with Crippen LogP contribution in [0, 0.1) is 13.5 Å². The summed E-state index contributed by atoms with van der Waals surface area (Å²) in [5.41, 5.74) is 3.02. The van der Waals surface area contributed by atoms with E-state index in [1.54, 1.807) is 12.1 Å². The van der Waals surface area contributed by atoms with Gasteiger partial charge in [0, 0.05) is 0 Å².